The molecular formula is C19H23Cl2N3O5S. The lowest BCUT2D eigenvalue weighted by molar-refractivity contribution is -0.140. The van der Waals surface area contributed by atoms with Gasteiger partial charge in [-0.25, -0.2) is 13.2 Å². The molecular weight excluding hydrogens is 453 g/mol. The van der Waals surface area contributed by atoms with Crippen molar-refractivity contribution < 1.29 is 22.8 Å². The Morgan fingerprint density at radius 1 is 1.33 bits per heavy atom. The molecule has 1 aromatic rings. The maximum atomic E-state index is 13.1. The molecule has 164 valence electrons. The Bertz CT molecular complexity index is 1000. The minimum absolute atomic E-state index is 0.0292. The molecule has 2 aliphatic rings. The first-order valence-electron chi connectivity index (χ1n) is 9.58. The van der Waals surface area contributed by atoms with E-state index in [4.69, 9.17) is 23.2 Å². The SMILES string of the molecule is CCCN(C(=O)CN1C(=O)NC(C)(c2ccc(Cl)cc2Cl)C1=O)C1CCS(=O)(=O)C1. The summed E-state index contributed by atoms with van der Waals surface area (Å²) in [6, 6.07) is 3.43. The van der Waals surface area contributed by atoms with E-state index in [0.29, 0.717) is 30.0 Å². The van der Waals surface area contributed by atoms with E-state index in [0.717, 1.165) is 4.90 Å². The summed E-state index contributed by atoms with van der Waals surface area (Å²) in [7, 11) is -3.18. The van der Waals surface area contributed by atoms with Gasteiger partial charge in [0.2, 0.25) is 5.91 Å². The van der Waals surface area contributed by atoms with Crippen LogP contribution in [0.2, 0.25) is 10.0 Å². The van der Waals surface area contributed by atoms with E-state index < -0.39 is 45.8 Å². The van der Waals surface area contributed by atoms with Gasteiger partial charge in [-0.15, -0.1) is 0 Å². The van der Waals surface area contributed by atoms with E-state index in [-0.39, 0.29) is 16.5 Å². The van der Waals surface area contributed by atoms with Gasteiger partial charge in [0.1, 0.15) is 12.1 Å². The van der Waals surface area contributed by atoms with Crippen molar-refractivity contribution in [3.05, 3.63) is 33.8 Å². The number of rotatable bonds is 6. The first-order valence-corrected chi connectivity index (χ1v) is 12.2. The zero-order valence-electron chi connectivity index (χ0n) is 16.7. The van der Waals surface area contributed by atoms with Crippen LogP contribution >= 0.6 is 23.2 Å². The highest BCUT2D eigenvalue weighted by Gasteiger charge is 2.51. The third kappa shape index (κ3) is 4.29. The maximum Gasteiger partial charge on any atom is 0.325 e. The Balaban J connectivity index is 1.81. The topological polar surface area (TPSA) is 104 Å². The van der Waals surface area contributed by atoms with Crippen molar-refractivity contribution in [1.82, 2.24) is 15.1 Å². The number of benzene rings is 1. The number of amides is 4. The predicted octanol–water partition coefficient (Wildman–Crippen LogP) is 2.19. The van der Waals surface area contributed by atoms with Crippen molar-refractivity contribution in [2.45, 2.75) is 38.3 Å². The zero-order chi connectivity index (χ0) is 22.3. The highest BCUT2D eigenvalue weighted by atomic mass is 35.5. The molecule has 8 nitrogen and oxygen atoms in total. The maximum absolute atomic E-state index is 13.1. The van der Waals surface area contributed by atoms with Crippen molar-refractivity contribution >= 4 is 50.9 Å². The summed E-state index contributed by atoms with van der Waals surface area (Å²) in [6.07, 6.45) is 0.979. The van der Waals surface area contributed by atoms with Crippen molar-refractivity contribution in [3.63, 3.8) is 0 Å². The van der Waals surface area contributed by atoms with Gasteiger partial charge in [-0.1, -0.05) is 36.2 Å². The smallest absolute Gasteiger partial charge is 0.325 e. The molecule has 30 heavy (non-hydrogen) atoms. The highest BCUT2D eigenvalue weighted by molar-refractivity contribution is 7.91. The number of sulfone groups is 1. The zero-order valence-corrected chi connectivity index (χ0v) is 19.0. The Kier molecular flexibility index (Phi) is 6.36. The van der Waals surface area contributed by atoms with Gasteiger partial charge in [0.05, 0.1) is 11.5 Å². The largest absolute Gasteiger partial charge is 0.337 e. The van der Waals surface area contributed by atoms with Gasteiger partial charge in [0.15, 0.2) is 9.84 Å². The third-order valence-corrected chi connectivity index (χ3v) is 7.77. The molecule has 4 amide bonds. The van der Waals surface area contributed by atoms with Crippen LogP contribution in [0.15, 0.2) is 18.2 Å². The van der Waals surface area contributed by atoms with Crippen LogP contribution in [0.25, 0.3) is 0 Å². The first kappa shape index (κ1) is 22.8. The number of nitrogens with zero attached hydrogens (tertiary/aromatic N) is 2. The molecule has 3 rings (SSSR count). The molecule has 0 saturated carbocycles. The average Bonchev–Trinajstić information content (AvgIpc) is 3.11. The van der Waals surface area contributed by atoms with E-state index in [2.05, 4.69) is 5.32 Å². The van der Waals surface area contributed by atoms with Crippen LogP contribution in [0.5, 0.6) is 0 Å². The number of nitrogens with one attached hydrogen (secondary N) is 1. The summed E-state index contributed by atoms with van der Waals surface area (Å²) in [5.74, 6) is -1.15. The number of hydrogen-bond donors (Lipinski definition) is 1. The molecule has 2 atom stereocenters. The Morgan fingerprint density at radius 2 is 2.03 bits per heavy atom. The van der Waals surface area contributed by atoms with Gasteiger partial charge < -0.3 is 10.2 Å². The van der Waals surface area contributed by atoms with Crippen LogP contribution in [0.3, 0.4) is 0 Å². The summed E-state index contributed by atoms with van der Waals surface area (Å²) in [5, 5.41) is 3.21. The lowest BCUT2D eigenvalue weighted by atomic mass is 9.92. The molecule has 0 radical (unpaired) electrons. The van der Waals surface area contributed by atoms with Gasteiger partial charge in [-0.2, -0.15) is 0 Å². The Hall–Kier alpha value is -1.84. The summed E-state index contributed by atoms with van der Waals surface area (Å²) >= 11 is 12.1. The molecule has 11 heteroatoms. The van der Waals surface area contributed by atoms with Gasteiger partial charge in [-0.3, -0.25) is 14.5 Å². The third-order valence-electron chi connectivity index (χ3n) is 5.47. The van der Waals surface area contributed by atoms with E-state index in [9.17, 15) is 22.8 Å². The second kappa shape index (κ2) is 8.36. The quantitative estimate of drug-likeness (QED) is 0.634. The van der Waals surface area contributed by atoms with Gasteiger partial charge >= 0.3 is 6.03 Å². The molecule has 0 aliphatic carbocycles. The van der Waals surface area contributed by atoms with E-state index >= 15 is 0 Å². The van der Waals surface area contributed by atoms with Gasteiger partial charge in [-0.05, 0) is 31.9 Å². The molecule has 0 bridgehead atoms. The fourth-order valence-electron chi connectivity index (χ4n) is 3.92. The molecule has 1 N–H and O–H groups in total. The molecule has 0 spiro atoms. The number of hydrogen-bond acceptors (Lipinski definition) is 5. The van der Waals surface area contributed by atoms with Crippen LogP contribution in [-0.2, 0) is 25.0 Å². The normalized spacial score (nSPS) is 25.5. The van der Waals surface area contributed by atoms with Crippen molar-refractivity contribution in [3.8, 4) is 0 Å². The van der Waals surface area contributed by atoms with Crippen molar-refractivity contribution in [1.29, 1.82) is 0 Å². The van der Waals surface area contributed by atoms with Crippen LogP contribution in [0, 0.1) is 0 Å². The predicted molar refractivity (Wildman–Crippen MR) is 113 cm³/mol. The fraction of sp³-hybridized carbons (Fsp3) is 0.526. The lowest BCUT2D eigenvalue weighted by Crippen LogP contribution is -2.48. The molecule has 2 aliphatic heterocycles. The fourth-order valence-corrected chi connectivity index (χ4v) is 6.25. The lowest BCUT2D eigenvalue weighted by Gasteiger charge is -2.29. The molecule has 2 fully saturated rings. The average molecular weight is 476 g/mol. The molecule has 2 heterocycles. The molecule has 2 saturated heterocycles. The monoisotopic (exact) mass is 475 g/mol. The van der Waals surface area contributed by atoms with Gasteiger partial charge in [0.25, 0.3) is 5.91 Å². The van der Waals surface area contributed by atoms with Gasteiger partial charge in [0, 0.05) is 28.2 Å². The minimum atomic E-state index is -3.18. The number of carbonyl (C=O) groups excluding carboxylic acids is 3. The number of carbonyl (C=O) groups is 3. The highest BCUT2D eigenvalue weighted by Crippen LogP contribution is 2.35. The standard InChI is InChI=1S/C19H23Cl2N3O5S/c1-3-7-23(13-6-8-30(28,29)11-13)16(25)10-24-17(26)19(2,22-18(24)27)14-5-4-12(20)9-15(14)21/h4-5,9,13H,3,6-8,10-11H2,1-2H3,(H,22,27). The second-order valence-electron chi connectivity index (χ2n) is 7.71. The van der Waals surface area contributed by atoms with E-state index in [1.165, 1.54) is 17.9 Å². The summed E-state index contributed by atoms with van der Waals surface area (Å²) in [5.41, 5.74) is -1.07. The first-order chi connectivity index (χ1) is 14.0. The summed E-state index contributed by atoms with van der Waals surface area (Å²) < 4.78 is 23.7. The Morgan fingerprint density at radius 3 is 2.60 bits per heavy atom. The molecule has 0 aromatic heterocycles. The van der Waals surface area contributed by atoms with Crippen molar-refractivity contribution in [2.24, 2.45) is 0 Å². The minimum Gasteiger partial charge on any atom is -0.337 e. The number of urea groups is 1. The second-order valence-corrected chi connectivity index (χ2v) is 10.8. The van der Waals surface area contributed by atoms with E-state index in [1.807, 2.05) is 6.92 Å². The summed E-state index contributed by atoms with van der Waals surface area (Å²) in [4.78, 5) is 40.9. The molecule has 1 aromatic carbocycles. The van der Waals surface area contributed by atoms with Crippen LogP contribution < -0.4 is 5.32 Å². The van der Waals surface area contributed by atoms with Crippen molar-refractivity contribution in [2.75, 3.05) is 24.6 Å². The Labute approximate surface area is 185 Å². The van der Waals surface area contributed by atoms with Crippen LogP contribution in [0.1, 0.15) is 32.3 Å². The summed E-state index contributed by atoms with van der Waals surface area (Å²) in [6.45, 7) is 3.27. The van der Waals surface area contributed by atoms with Crippen LogP contribution in [0.4, 0.5) is 4.79 Å². The molecule has 2 unspecified atom stereocenters. The van der Waals surface area contributed by atoms with Crippen LogP contribution in [-0.4, -0.2) is 66.7 Å². The number of halogens is 2. The number of imide groups is 1. The van der Waals surface area contributed by atoms with E-state index in [1.54, 1.807) is 12.1 Å².